The van der Waals surface area contributed by atoms with E-state index in [-0.39, 0.29) is 5.56 Å². The van der Waals surface area contributed by atoms with Crippen molar-refractivity contribution in [1.29, 1.82) is 5.26 Å². The highest BCUT2D eigenvalue weighted by Crippen LogP contribution is 2.18. The molecular formula is C13H8N4O. The number of H-pyrrole nitrogens is 1. The molecule has 0 unspecified atom stereocenters. The van der Waals surface area contributed by atoms with Gasteiger partial charge in [-0.1, -0.05) is 30.3 Å². The van der Waals surface area contributed by atoms with E-state index in [4.69, 9.17) is 5.26 Å². The van der Waals surface area contributed by atoms with Crippen LogP contribution in [0.3, 0.4) is 0 Å². The fourth-order valence-corrected chi connectivity index (χ4v) is 1.89. The second-order valence-electron chi connectivity index (χ2n) is 3.82. The average molecular weight is 236 g/mol. The molecule has 1 aromatic carbocycles. The van der Waals surface area contributed by atoms with Crippen LogP contribution in [0.15, 0.2) is 47.4 Å². The molecule has 0 aliphatic rings. The van der Waals surface area contributed by atoms with Gasteiger partial charge in [-0.3, -0.25) is 4.79 Å². The van der Waals surface area contributed by atoms with Gasteiger partial charge in [0, 0.05) is 11.6 Å². The minimum absolute atomic E-state index is 0.252. The van der Waals surface area contributed by atoms with Crippen molar-refractivity contribution in [2.24, 2.45) is 0 Å². The smallest absolute Gasteiger partial charge is 0.251 e. The Balaban J connectivity index is 2.41. The Morgan fingerprint density at radius 1 is 1.28 bits per heavy atom. The van der Waals surface area contributed by atoms with Gasteiger partial charge in [0.1, 0.15) is 11.6 Å². The van der Waals surface area contributed by atoms with Crippen molar-refractivity contribution in [3.8, 4) is 17.3 Å². The zero-order valence-corrected chi connectivity index (χ0v) is 9.29. The van der Waals surface area contributed by atoms with E-state index in [1.807, 2.05) is 36.4 Å². The molecule has 0 atom stereocenters. The number of hydrogen-bond donors (Lipinski definition) is 1. The van der Waals surface area contributed by atoms with E-state index < -0.39 is 0 Å². The van der Waals surface area contributed by atoms with Crippen molar-refractivity contribution in [3.63, 3.8) is 0 Å². The molecule has 5 heteroatoms. The predicted molar refractivity (Wildman–Crippen MR) is 66.0 cm³/mol. The molecule has 2 aromatic heterocycles. The zero-order chi connectivity index (χ0) is 12.5. The summed E-state index contributed by atoms with van der Waals surface area (Å²) in [5.41, 5.74) is 2.06. The molecule has 86 valence electrons. The van der Waals surface area contributed by atoms with E-state index in [1.54, 1.807) is 4.52 Å². The van der Waals surface area contributed by atoms with Crippen molar-refractivity contribution >= 4 is 5.65 Å². The van der Waals surface area contributed by atoms with Crippen LogP contribution in [-0.4, -0.2) is 14.6 Å². The highest BCUT2D eigenvalue weighted by atomic mass is 16.1. The largest absolute Gasteiger partial charge is 0.306 e. The van der Waals surface area contributed by atoms with Crippen LogP contribution in [0.2, 0.25) is 0 Å². The molecule has 1 N–H and O–H groups in total. The fourth-order valence-electron chi connectivity index (χ4n) is 1.89. The summed E-state index contributed by atoms with van der Waals surface area (Å²) in [5.74, 6) is 0. The quantitative estimate of drug-likeness (QED) is 0.696. The van der Waals surface area contributed by atoms with Crippen LogP contribution in [0.25, 0.3) is 16.9 Å². The van der Waals surface area contributed by atoms with Gasteiger partial charge >= 0.3 is 0 Å². The molecule has 0 amide bonds. The summed E-state index contributed by atoms with van der Waals surface area (Å²) in [6.07, 6.45) is 1.44. The molecule has 3 rings (SSSR count). The summed E-state index contributed by atoms with van der Waals surface area (Å²) < 4.78 is 1.56. The average Bonchev–Trinajstić information content (AvgIpc) is 2.81. The fraction of sp³-hybridized carbons (Fsp3) is 0. The molecule has 0 aliphatic carbocycles. The molecule has 5 nitrogen and oxygen atoms in total. The molecule has 0 spiro atoms. The van der Waals surface area contributed by atoms with Gasteiger partial charge in [0.2, 0.25) is 0 Å². The maximum atomic E-state index is 11.6. The first-order valence-electron chi connectivity index (χ1n) is 5.36. The van der Waals surface area contributed by atoms with Crippen LogP contribution >= 0.6 is 0 Å². The molecule has 0 fully saturated rings. The van der Waals surface area contributed by atoms with Crippen LogP contribution in [0, 0.1) is 11.3 Å². The number of rotatable bonds is 1. The summed E-state index contributed by atoms with van der Waals surface area (Å²) in [6.45, 7) is 0. The van der Waals surface area contributed by atoms with Crippen LogP contribution in [0.5, 0.6) is 0 Å². The summed E-state index contributed by atoms with van der Waals surface area (Å²) in [4.78, 5) is 14.3. The first kappa shape index (κ1) is 10.3. The Bertz CT molecular complexity index is 808. The van der Waals surface area contributed by atoms with E-state index in [2.05, 4.69) is 10.1 Å². The molecule has 0 saturated heterocycles. The minimum Gasteiger partial charge on any atom is -0.306 e. The number of nitriles is 1. The molecule has 3 aromatic rings. The maximum absolute atomic E-state index is 11.6. The van der Waals surface area contributed by atoms with Crippen LogP contribution in [-0.2, 0) is 0 Å². The van der Waals surface area contributed by atoms with E-state index in [1.165, 1.54) is 12.3 Å². The van der Waals surface area contributed by atoms with Gasteiger partial charge < -0.3 is 4.98 Å². The van der Waals surface area contributed by atoms with Gasteiger partial charge in [0.05, 0.1) is 11.9 Å². The highest BCUT2D eigenvalue weighted by Gasteiger charge is 2.10. The molecule has 18 heavy (non-hydrogen) atoms. The summed E-state index contributed by atoms with van der Waals surface area (Å²) in [5, 5.41) is 13.1. The van der Waals surface area contributed by atoms with Crippen LogP contribution in [0.4, 0.5) is 0 Å². The lowest BCUT2D eigenvalue weighted by Gasteiger charge is -2.03. The normalized spacial score (nSPS) is 10.4. The first-order chi connectivity index (χ1) is 8.79. The number of aromatic nitrogens is 3. The predicted octanol–water partition coefficient (Wildman–Crippen LogP) is 1.56. The molecule has 0 bridgehead atoms. The Hall–Kier alpha value is -2.87. The van der Waals surface area contributed by atoms with Crippen LogP contribution in [0.1, 0.15) is 5.56 Å². The third-order valence-corrected chi connectivity index (χ3v) is 2.70. The third-order valence-electron chi connectivity index (χ3n) is 2.70. The third kappa shape index (κ3) is 1.48. The molecular weight excluding hydrogens is 228 g/mol. The van der Waals surface area contributed by atoms with Crippen molar-refractivity contribution < 1.29 is 0 Å². The second-order valence-corrected chi connectivity index (χ2v) is 3.82. The number of nitrogens with zero attached hydrogens (tertiary/aromatic N) is 3. The van der Waals surface area contributed by atoms with E-state index in [0.717, 1.165) is 5.56 Å². The van der Waals surface area contributed by atoms with Gasteiger partial charge in [0.25, 0.3) is 5.56 Å². The lowest BCUT2D eigenvalue weighted by atomic mass is 10.1. The SMILES string of the molecule is N#Cc1cnn2c(-c3ccccc3)cc(=O)[nH]c12. The number of hydrogen-bond acceptors (Lipinski definition) is 3. The minimum atomic E-state index is -0.252. The first-order valence-corrected chi connectivity index (χ1v) is 5.36. The van der Waals surface area contributed by atoms with Gasteiger partial charge in [-0.15, -0.1) is 0 Å². The lowest BCUT2D eigenvalue weighted by molar-refractivity contribution is 0.939. The van der Waals surface area contributed by atoms with Gasteiger partial charge in [-0.05, 0) is 0 Å². The Labute approximate surface area is 102 Å². The number of nitrogens with one attached hydrogen (secondary N) is 1. The number of fused-ring (bicyclic) bond motifs is 1. The monoisotopic (exact) mass is 236 g/mol. The molecule has 0 saturated carbocycles. The van der Waals surface area contributed by atoms with E-state index in [0.29, 0.717) is 16.9 Å². The zero-order valence-electron chi connectivity index (χ0n) is 9.29. The van der Waals surface area contributed by atoms with Gasteiger partial charge in [-0.2, -0.15) is 10.4 Å². The van der Waals surface area contributed by atoms with E-state index >= 15 is 0 Å². The van der Waals surface area contributed by atoms with Gasteiger partial charge in [0.15, 0.2) is 5.65 Å². The van der Waals surface area contributed by atoms with E-state index in [9.17, 15) is 4.79 Å². The van der Waals surface area contributed by atoms with Crippen molar-refractivity contribution in [2.75, 3.05) is 0 Å². The Morgan fingerprint density at radius 2 is 2.06 bits per heavy atom. The lowest BCUT2D eigenvalue weighted by Crippen LogP contribution is -2.09. The molecule has 0 aliphatic heterocycles. The Kier molecular flexibility index (Phi) is 2.21. The van der Waals surface area contributed by atoms with Crippen molar-refractivity contribution in [2.45, 2.75) is 0 Å². The maximum Gasteiger partial charge on any atom is 0.251 e. The van der Waals surface area contributed by atoms with Crippen LogP contribution < -0.4 is 5.56 Å². The topological polar surface area (TPSA) is 74.0 Å². The van der Waals surface area contributed by atoms with Crippen molar-refractivity contribution in [1.82, 2.24) is 14.6 Å². The number of aromatic amines is 1. The standard InChI is InChI=1S/C13H8N4O/c14-7-10-8-15-17-11(6-12(18)16-13(10)17)9-4-2-1-3-5-9/h1-6,8H,(H,16,18). The summed E-state index contributed by atoms with van der Waals surface area (Å²) in [7, 11) is 0. The molecule has 0 radical (unpaired) electrons. The Morgan fingerprint density at radius 3 is 2.78 bits per heavy atom. The van der Waals surface area contributed by atoms with Gasteiger partial charge in [-0.25, -0.2) is 4.52 Å². The summed E-state index contributed by atoms with van der Waals surface area (Å²) in [6, 6.07) is 12.9. The molecule has 2 heterocycles. The second kappa shape index (κ2) is 3.86. The van der Waals surface area contributed by atoms with Crippen molar-refractivity contribution in [3.05, 3.63) is 58.5 Å². The number of benzene rings is 1. The highest BCUT2D eigenvalue weighted by molar-refractivity contribution is 5.65. The summed E-state index contributed by atoms with van der Waals surface area (Å²) >= 11 is 0.